The normalized spacial score (nSPS) is 11.7. The second-order valence-electron chi connectivity index (χ2n) is 8.01. The van der Waals surface area contributed by atoms with Crippen LogP contribution in [0.2, 0.25) is 0 Å². The molecule has 35 heavy (non-hydrogen) atoms. The number of nitrogens with zero attached hydrogens (tertiary/aromatic N) is 2. The Morgan fingerprint density at radius 2 is 1.63 bits per heavy atom. The lowest BCUT2D eigenvalue weighted by atomic mass is 9.98. The van der Waals surface area contributed by atoms with Gasteiger partial charge in [0.25, 0.3) is 6.43 Å². The molecule has 0 radical (unpaired) electrons. The highest BCUT2D eigenvalue weighted by Gasteiger charge is 2.27. The molecule has 9 heteroatoms. The molecule has 0 bridgehead atoms. The van der Waals surface area contributed by atoms with Crippen molar-refractivity contribution in [2.45, 2.75) is 24.3 Å². The SMILES string of the molecule is COc1ccc(-c2c(-c3ccc(S(C)(=O)=O)cc3)nn(CCc3ccccc3)c2C(F)F)cc1F. The highest BCUT2D eigenvalue weighted by molar-refractivity contribution is 7.90. The van der Waals surface area contributed by atoms with Crippen molar-refractivity contribution in [3.63, 3.8) is 0 Å². The van der Waals surface area contributed by atoms with E-state index < -0.39 is 22.1 Å². The fourth-order valence-corrected chi connectivity index (χ4v) is 4.55. The second kappa shape index (κ2) is 9.95. The summed E-state index contributed by atoms with van der Waals surface area (Å²) in [6.45, 7) is 0.177. The molecule has 4 aromatic rings. The lowest BCUT2D eigenvalue weighted by Gasteiger charge is -2.11. The van der Waals surface area contributed by atoms with E-state index in [0.717, 1.165) is 17.9 Å². The van der Waals surface area contributed by atoms with Crippen molar-refractivity contribution < 1.29 is 26.3 Å². The average Bonchev–Trinajstić information content (AvgIpc) is 3.23. The number of rotatable bonds is 8. The predicted octanol–water partition coefficient (Wildman–Crippen LogP) is 5.95. The Hall–Kier alpha value is -3.59. The first-order chi connectivity index (χ1) is 16.7. The highest BCUT2D eigenvalue weighted by Crippen LogP contribution is 2.40. The summed E-state index contributed by atoms with van der Waals surface area (Å²) in [5.74, 6) is -0.705. The third-order valence-corrected chi connectivity index (χ3v) is 6.78. The number of ether oxygens (including phenoxy) is 1. The maximum atomic E-state index is 14.6. The number of hydrogen-bond donors (Lipinski definition) is 0. The van der Waals surface area contributed by atoms with Crippen LogP contribution in [-0.4, -0.2) is 31.6 Å². The number of sulfone groups is 1. The van der Waals surface area contributed by atoms with Gasteiger partial charge in [-0.3, -0.25) is 4.68 Å². The molecule has 0 saturated heterocycles. The van der Waals surface area contributed by atoms with Crippen molar-refractivity contribution >= 4 is 9.84 Å². The number of methoxy groups -OCH3 is 1. The Kier molecular flexibility index (Phi) is 6.98. The van der Waals surface area contributed by atoms with Crippen LogP contribution in [0.15, 0.2) is 77.7 Å². The van der Waals surface area contributed by atoms with Gasteiger partial charge < -0.3 is 4.74 Å². The number of hydrogen-bond acceptors (Lipinski definition) is 4. The van der Waals surface area contributed by atoms with E-state index in [-0.39, 0.29) is 39.7 Å². The first-order valence-corrected chi connectivity index (χ1v) is 12.7. The lowest BCUT2D eigenvalue weighted by Crippen LogP contribution is -2.08. The number of alkyl halides is 2. The van der Waals surface area contributed by atoms with Crippen LogP contribution in [0, 0.1) is 5.82 Å². The van der Waals surface area contributed by atoms with Crippen molar-refractivity contribution in [1.82, 2.24) is 9.78 Å². The largest absolute Gasteiger partial charge is 0.494 e. The van der Waals surface area contributed by atoms with Gasteiger partial charge in [0.05, 0.1) is 12.0 Å². The summed E-state index contributed by atoms with van der Waals surface area (Å²) in [5.41, 5.74) is 1.56. The van der Waals surface area contributed by atoms with Crippen molar-refractivity contribution in [2.75, 3.05) is 13.4 Å². The standard InChI is InChI=1S/C26H23F3N2O3S/c1-34-22-13-10-19(16-21(22)27)23-24(18-8-11-20(12-9-18)35(2,32)33)30-31(25(23)26(28)29)15-14-17-6-4-3-5-7-17/h3-13,16,26H,14-15H2,1-2H3. The summed E-state index contributed by atoms with van der Waals surface area (Å²) in [6, 6.07) is 19.2. The minimum Gasteiger partial charge on any atom is -0.494 e. The molecule has 3 aromatic carbocycles. The van der Waals surface area contributed by atoms with Crippen molar-refractivity contribution in [3.8, 4) is 28.1 Å². The number of aromatic nitrogens is 2. The molecule has 0 fully saturated rings. The zero-order valence-corrected chi connectivity index (χ0v) is 19.9. The zero-order chi connectivity index (χ0) is 25.2. The fourth-order valence-electron chi connectivity index (χ4n) is 3.92. The molecule has 0 atom stereocenters. The van der Waals surface area contributed by atoms with Gasteiger partial charge in [0, 0.05) is 23.9 Å². The van der Waals surface area contributed by atoms with E-state index >= 15 is 0 Å². The van der Waals surface area contributed by atoms with Crippen molar-refractivity contribution in [2.24, 2.45) is 0 Å². The Morgan fingerprint density at radius 3 is 2.20 bits per heavy atom. The van der Waals surface area contributed by atoms with Crippen molar-refractivity contribution in [3.05, 3.63) is 89.9 Å². The van der Waals surface area contributed by atoms with Crippen LogP contribution in [0.4, 0.5) is 13.2 Å². The second-order valence-corrected chi connectivity index (χ2v) is 10.0. The summed E-state index contributed by atoms with van der Waals surface area (Å²) in [6.07, 6.45) is -1.34. The summed E-state index contributed by atoms with van der Waals surface area (Å²) < 4.78 is 73.4. The minimum atomic E-state index is -3.44. The molecule has 0 aliphatic heterocycles. The minimum absolute atomic E-state index is 0.0112. The topological polar surface area (TPSA) is 61.2 Å². The maximum Gasteiger partial charge on any atom is 0.280 e. The molecule has 0 aliphatic carbocycles. The van der Waals surface area contributed by atoms with Gasteiger partial charge in [0.2, 0.25) is 0 Å². The summed E-state index contributed by atoms with van der Waals surface area (Å²) >= 11 is 0. The van der Waals surface area contributed by atoms with E-state index in [1.54, 1.807) is 0 Å². The number of halogens is 3. The third kappa shape index (κ3) is 5.24. The smallest absolute Gasteiger partial charge is 0.280 e. The quantitative estimate of drug-likeness (QED) is 0.300. The summed E-state index contributed by atoms with van der Waals surface area (Å²) in [4.78, 5) is 0.0934. The number of benzene rings is 3. The number of aryl methyl sites for hydroxylation is 2. The first-order valence-electron chi connectivity index (χ1n) is 10.8. The highest BCUT2D eigenvalue weighted by atomic mass is 32.2. The van der Waals surface area contributed by atoms with Gasteiger partial charge in [-0.25, -0.2) is 21.6 Å². The van der Waals surface area contributed by atoms with Gasteiger partial charge in [-0.15, -0.1) is 0 Å². The van der Waals surface area contributed by atoms with Crippen molar-refractivity contribution in [1.29, 1.82) is 0 Å². The van der Waals surface area contributed by atoms with Crippen LogP contribution < -0.4 is 4.74 Å². The van der Waals surface area contributed by atoms with Crippen LogP contribution in [0.1, 0.15) is 17.7 Å². The van der Waals surface area contributed by atoms with Gasteiger partial charge in [-0.05, 0) is 41.8 Å². The molecular weight excluding hydrogens is 477 g/mol. The molecule has 182 valence electrons. The summed E-state index contributed by atoms with van der Waals surface area (Å²) in [5, 5.41) is 4.49. The summed E-state index contributed by atoms with van der Waals surface area (Å²) in [7, 11) is -2.12. The average molecular weight is 501 g/mol. The van der Waals surface area contributed by atoms with E-state index in [1.807, 2.05) is 30.3 Å². The lowest BCUT2D eigenvalue weighted by molar-refractivity contribution is 0.139. The molecule has 0 amide bonds. The molecule has 1 aromatic heterocycles. The fraction of sp³-hybridized carbons (Fsp3) is 0.192. The van der Waals surface area contributed by atoms with Crippen LogP contribution in [0.3, 0.4) is 0 Å². The third-order valence-electron chi connectivity index (χ3n) is 5.65. The zero-order valence-electron chi connectivity index (χ0n) is 19.1. The molecular formula is C26H23F3N2O3S. The van der Waals surface area contributed by atoms with Gasteiger partial charge in [0.1, 0.15) is 11.4 Å². The van der Waals surface area contributed by atoms with Gasteiger partial charge in [-0.2, -0.15) is 5.10 Å². The molecule has 5 nitrogen and oxygen atoms in total. The van der Waals surface area contributed by atoms with Gasteiger partial charge in [0.15, 0.2) is 21.4 Å². The molecule has 4 rings (SSSR count). The molecule has 1 heterocycles. The Bertz CT molecular complexity index is 1430. The van der Waals surface area contributed by atoms with Crippen LogP contribution in [0.25, 0.3) is 22.4 Å². The molecule has 0 unspecified atom stereocenters. The molecule has 0 aliphatic rings. The van der Waals surface area contributed by atoms with Crippen LogP contribution >= 0.6 is 0 Å². The molecule has 0 saturated carbocycles. The Morgan fingerprint density at radius 1 is 0.971 bits per heavy atom. The van der Waals surface area contributed by atoms with E-state index in [2.05, 4.69) is 5.10 Å². The van der Waals surface area contributed by atoms with Crippen LogP contribution in [0.5, 0.6) is 5.75 Å². The van der Waals surface area contributed by atoms with E-state index in [4.69, 9.17) is 4.74 Å². The van der Waals surface area contributed by atoms with Gasteiger partial charge >= 0.3 is 0 Å². The molecule has 0 spiro atoms. The van der Waals surface area contributed by atoms with E-state index in [9.17, 15) is 21.6 Å². The maximum absolute atomic E-state index is 14.6. The molecule has 0 N–H and O–H groups in total. The predicted molar refractivity (Wildman–Crippen MR) is 128 cm³/mol. The monoisotopic (exact) mass is 500 g/mol. The van der Waals surface area contributed by atoms with E-state index in [1.165, 1.54) is 48.2 Å². The Balaban J connectivity index is 1.88. The first kappa shape index (κ1) is 24.5. The Labute approximate surface area is 201 Å². The van der Waals surface area contributed by atoms with Gasteiger partial charge in [-0.1, -0.05) is 48.5 Å². The van der Waals surface area contributed by atoms with Crippen LogP contribution in [-0.2, 0) is 22.8 Å². The van der Waals surface area contributed by atoms with E-state index in [0.29, 0.717) is 12.0 Å².